The first-order chi connectivity index (χ1) is 7.15. The number of aryl methyl sites for hydroxylation is 1. The maximum absolute atomic E-state index is 9.87. The Hall–Kier alpha value is -1.22. The molecular formula is C12H19NO2. The van der Waals surface area contributed by atoms with E-state index in [0.29, 0.717) is 12.4 Å². The molecule has 15 heavy (non-hydrogen) atoms. The molecule has 84 valence electrons. The Labute approximate surface area is 90.9 Å². The molecule has 0 aliphatic rings. The number of para-hydroxylation sites is 1. The molecule has 3 N–H and O–H groups in total. The van der Waals surface area contributed by atoms with E-state index in [9.17, 15) is 5.11 Å². The molecule has 0 bridgehead atoms. The van der Waals surface area contributed by atoms with Crippen LogP contribution in [0.15, 0.2) is 18.2 Å². The van der Waals surface area contributed by atoms with Gasteiger partial charge in [0.1, 0.15) is 0 Å². The first kappa shape index (κ1) is 11.9. The van der Waals surface area contributed by atoms with Crippen LogP contribution >= 0.6 is 0 Å². The molecule has 3 nitrogen and oxygen atoms in total. The highest BCUT2D eigenvalue weighted by molar-refractivity contribution is 5.45. The molecule has 0 aliphatic carbocycles. The lowest BCUT2D eigenvalue weighted by Crippen LogP contribution is -2.15. The van der Waals surface area contributed by atoms with Crippen molar-refractivity contribution in [3.8, 4) is 11.5 Å². The first-order valence-corrected chi connectivity index (χ1v) is 5.34. The van der Waals surface area contributed by atoms with Crippen LogP contribution in [0.5, 0.6) is 11.5 Å². The molecule has 0 spiro atoms. The average molecular weight is 209 g/mol. The molecule has 1 aromatic carbocycles. The second-order valence-electron chi connectivity index (χ2n) is 3.71. The van der Waals surface area contributed by atoms with Gasteiger partial charge >= 0.3 is 0 Å². The summed E-state index contributed by atoms with van der Waals surface area (Å²) < 4.78 is 5.30. The number of nitrogens with two attached hydrogens (primary N) is 1. The topological polar surface area (TPSA) is 55.5 Å². The maximum Gasteiger partial charge on any atom is 0.161 e. The predicted molar refractivity (Wildman–Crippen MR) is 61.2 cm³/mol. The van der Waals surface area contributed by atoms with Crippen LogP contribution in [0.1, 0.15) is 25.8 Å². The Morgan fingerprint density at radius 2 is 2.20 bits per heavy atom. The van der Waals surface area contributed by atoms with Crippen molar-refractivity contribution in [2.75, 3.05) is 6.61 Å². The van der Waals surface area contributed by atoms with Gasteiger partial charge in [-0.2, -0.15) is 0 Å². The number of phenolic OH excluding ortho intramolecular Hbond substituents is 1. The molecule has 0 aromatic heterocycles. The van der Waals surface area contributed by atoms with E-state index in [1.807, 2.05) is 26.0 Å². The van der Waals surface area contributed by atoms with Gasteiger partial charge in [0.15, 0.2) is 11.5 Å². The molecule has 0 fully saturated rings. The lowest BCUT2D eigenvalue weighted by atomic mass is 10.1. The number of rotatable bonds is 5. The van der Waals surface area contributed by atoms with Crippen molar-refractivity contribution in [2.24, 2.45) is 5.73 Å². The maximum atomic E-state index is 9.87. The van der Waals surface area contributed by atoms with Crippen LogP contribution in [0.4, 0.5) is 0 Å². The summed E-state index contributed by atoms with van der Waals surface area (Å²) in [4.78, 5) is 0. The van der Waals surface area contributed by atoms with Crippen molar-refractivity contribution in [3.05, 3.63) is 23.8 Å². The average Bonchev–Trinajstić information content (AvgIpc) is 2.19. The van der Waals surface area contributed by atoms with Crippen LogP contribution in [-0.2, 0) is 6.42 Å². The quantitative estimate of drug-likeness (QED) is 0.780. The van der Waals surface area contributed by atoms with Crippen LogP contribution in [0.2, 0.25) is 0 Å². The lowest BCUT2D eigenvalue weighted by Gasteiger charge is -2.10. The molecular weight excluding hydrogens is 190 g/mol. The Morgan fingerprint density at radius 1 is 1.47 bits per heavy atom. The van der Waals surface area contributed by atoms with Gasteiger partial charge in [-0.05, 0) is 38.3 Å². The van der Waals surface area contributed by atoms with Crippen LogP contribution < -0.4 is 10.5 Å². The van der Waals surface area contributed by atoms with E-state index in [4.69, 9.17) is 10.5 Å². The molecule has 0 saturated heterocycles. The molecule has 0 heterocycles. The van der Waals surface area contributed by atoms with Gasteiger partial charge in [0.05, 0.1) is 6.61 Å². The third-order valence-corrected chi connectivity index (χ3v) is 2.25. The van der Waals surface area contributed by atoms with Gasteiger partial charge in [-0.1, -0.05) is 12.1 Å². The number of aromatic hydroxyl groups is 1. The van der Waals surface area contributed by atoms with E-state index < -0.39 is 0 Å². The van der Waals surface area contributed by atoms with E-state index in [1.165, 1.54) is 0 Å². The lowest BCUT2D eigenvalue weighted by molar-refractivity contribution is 0.316. The van der Waals surface area contributed by atoms with E-state index in [-0.39, 0.29) is 11.8 Å². The van der Waals surface area contributed by atoms with Gasteiger partial charge in [0, 0.05) is 6.04 Å². The third-order valence-electron chi connectivity index (χ3n) is 2.25. The van der Waals surface area contributed by atoms with Gasteiger partial charge in [0.25, 0.3) is 0 Å². The standard InChI is InChI=1S/C12H19NO2/c1-3-15-11-6-4-5-10(12(11)14)8-7-9(2)13/h4-6,9,14H,3,7-8,13H2,1-2H3. The zero-order chi connectivity index (χ0) is 11.3. The van der Waals surface area contributed by atoms with Gasteiger partial charge in [-0.15, -0.1) is 0 Å². The van der Waals surface area contributed by atoms with Crippen molar-refractivity contribution >= 4 is 0 Å². The first-order valence-electron chi connectivity index (χ1n) is 5.34. The SMILES string of the molecule is CCOc1cccc(CCC(C)N)c1O. The largest absolute Gasteiger partial charge is 0.504 e. The Morgan fingerprint density at radius 3 is 2.80 bits per heavy atom. The summed E-state index contributed by atoms with van der Waals surface area (Å²) in [5, 5.41) is 9.87. The van der Waals surface area contributed by atoms with Gasteiger partial charge in [0.2, 0.25) is 0 Å². The molecule has 0 aliphatic heterocycles. The number of ether oxygens (including phenoxy) is 1. The van der Waals surface area contributed by atoms with Gasteiger partial charge in [-0.25, -0.2) is 0 Å². The third kappa shape index (κ3) is 3.44. The highest BCUT2D eigenvalue weighted by atomic mass is 16.5. The summed E-state index contributed by atoms with van der Waals surface area (Å²) in [7, 11) is 0. The number of hydrogen-bond acceptors (Lipinski definition) is 3. The fourth-order valence-electron chi connectivity index (χ4n) is 1.42. The monoisotopic (exact) mass is 209 g/mol. The van der Waals surface area contributed by atoms with Crippen LogP contribution in [0.3, 0.4) is 0 Å². The highest BCUT2D eigenvalue weighted by Crippen LogP contribution is 2.30. The molecule has 1 unspecified atom stereocenters. The van der Waals surface area contributed by atoms with Crippen molar-refractivity contribution < 1.29 is 9.84 Å². The minimum atomic E-state index is 0.153. The summed E-state index contributed by atoms with van der Waals surface area (Å²) >= 11 is 0. The van der Waals surface area contributed by atoms with Crippen LogP contribution in [0.25, 0.3) is 0 Å². The fraction of sp³-hybridized carbons (Fsp3) is 0.500. The number of benzene rings is 1. The van der Waals surface area contributed by atoms with Crippen LogP contribution in [0, 0.1) is 0 Å². The zero-order valence-electron chi connectivity index (χ0n) is 9.36. The minimum Gasteiger partial charge on any atom is -0.504 e. The Kier molecular flexibility index (Phi) is 4.43. The normalized spacial score (nSPS) is 12.5. The number of hydrogen-bond donors (Lipinski definition) is 2. The van der Waals surface area contributed by atoms with E-state index >= 15 is 0 Å². The summed E-state index contributed by atoms with van der Waals surface area (Å²) in [5.74, 6) is 0.805. The Bertz CT molecular complexity index is 310. The van der Waals surface area contributed by atoms with Crippen molar-refractivity contribution in [2.45, 2.75) is 32.7 Å². The molecule has 0 radical (unpaired) electrons. The van der Waals surface area contributed by atoms with Crippen molar-refractivity contribution in [3.63, 3.8) is 0 Å². The molecule has 0 saturated carbocycles. The smallest absolute Gasteiger partial charge is 0.161 e. The van der Waals surface area contributed by atoms with Gasteiger partial charge < -0.3 is 15.6 Å². The van der Waals surface area contributed by atoms with Crippen molar-refractivity contribution in [1.82, 2.24) is 0 Å². The second kappa shape index (κ2) is 5.61. The fourth-order valence-corrected chi connectivity index (χ4v) is 1.42. The predicted octanol–water partition coefficient (Wildman–Crippen LogP) is 2.07. The van der Waals surface area contributed by atoms with E-state index in [0.717, 1.165) is 18.4 Å². The number of phenols is 1. The zero-order valence-corrected chi connectivity index (χ0v) is 9.36. The molecule has 1 rings (SSSR count). The summed E-state index contributed by atoms with van der Waals surface area (Å²) in [5.41, 5.74) is 6.58. The van der Waals surface area contributed by atoms with Crippen molar-refractivity contribution in [1.29, 1.82) is 0 Å². The molecule has 1 atom stereocenters. The summed E-state index contributed by atoms with van der Waals surface area (Å²) in [6.45, 7) is 4.42. The minimum absolute atomic E-state index is 0.153. The van der Waals surface area contributed by atoms with E-state index in [1.54, 1.807) is 6.07 Å². The van der Waals surface area contributed by atoms with Crippen LogP contribution in [-0.4, -0.2) is 17.8 Å². The molecule has 3 heteroatoms. The summed E-state index contributed by atoms with van der Waals surface area (Å²) in [6.07, 6.45) is 1.65. The molecule has 1 aromatic rings. The molecule has 0 amide bonds. The highest BCUT2D eigenvalue weighted by Gasteiger charge is 2.07. The van der Waals surface area contributed by atoms with Gasteiger partial charge in [-0.3, -0.25) is 0 Å². The van der Waals surface area contributed by atoms with E-state index in [2.05, 4.69) is 0 Å². The second-order valence-corrected chi connectivity index (χ2v) is 3.71. The summed E-state index contributed by atoms with van der Waals surface area (Å²) in [6, 6.07) is 5.72. The Balaban J connectivity index is 2.75.